The zero-order valence-corrected chi connectivity index (χ0v) is 36.1. The molecule has 0 radical (unpaired) electrons. The van der Waals surface area contributed by atoms with Gasteiger partial charge in [-0.15, -0.1) is 5.10 Å². The number of rotatable bonds is 12. The molecule has 14 nitrogen and oxygen atoms in total. The van der Waals surface area contributed by atoms with Crippen molar-refractivity contribution in [2.75, 3.05) is 139 Å². The highest BCUT2D eigenvalue weighted by molar-refractivity contribution is 5.27. The first kappa shape index (κ1) is 70.4. The number of likely N-dealkylation sites (tertiary alicyclic amines) is 1. The van der Waals surface area contributed by atoms with Crippen molar-refractivity contribution in [2.45, 2.75) is 105 Å². The topological polar surface area (TPSA) is 133 Å². The van der Waals surface area contributed by atoms with Gasteiger partial charge in [-0.2, -0.15) is 0 Å². The Hall–Kier alpha value is -3.24. The Morgan fingerprint density at radius 2 is 1.21 bits per heavy atom. The Morgan fingerprint density at radius 3 is 1.58 bits per heavy atom. The van der Waals surface area contributed by atoms with Crippen molar-refractivity contribution in [3.05, 3.63) is 70.8 Å². The van der Waals surface area contributed by atoms with Crippen LogP contribution in [0.4, 0.5) is 0 Å². The summed E-state index contributed by atoms with van der Waals surface area (Å²) in [6, 6.07) is 8.17. The molecule has 0 amide bonds. The number of hydrogen-bond donors (Lipinski definition) is 3. The van der Waals surface area contributed by atoms with Crippen LogP contribution in [0.3, 0.4) is 0 Å². The number of morpholine rings is 3. The summed E-state index contributed by atoms with van der Waals surface area (Å²) in [6.07, 6.45) is 12.7. The Labute approximate surface area is 383 Å². The van der Waals surface area contributed by atoms with E-state index in [9.17, 15) is 4.79 Å². The number of nitrogens with zero attached hydrogens (tertiary/aromatic N) is 5. The van der Waals surface area contributed by atoms with Crippen molar-refractivity contribution in [3.8, 4) is 5.75 Å². The summed E-state index contributed by atoms with van der Waals surface area (Å²) in [7, 11) is 3.64. The molecule has 6 rings (SSSR count). The molecule has 0 spiro atoms. The van der Waals surface area contributed by atoms with E-state index in [1.54, 1.807) is 7.11 Å². The third-order valence-corrected chi connectivity index (χ3v) is 9.17. The van der Waals surface area contributed by atoms with Crippen molar-refractivity contribution < 1.29 is 23.4 Å². The third-order valence-electron chi connectivity index (χ3n) is 9.17. The van der Waals surface area contributed by atoms with Crippen LogP contribution in [0.2, 0.25) is 0 Å². The van der Waals surface area contributed by atoms with E-state index >= 15 is 0 Å². The van der Waals surface area contributed by atoms with Gasteiger partial charge in [0.05, 0.1) is 46.8 Å². The first-order valence-electron chi connectivity index (χ1n) is 20.9. The van der Waals surface area contributed by atoms with Crippen LogP contribution in [-0.4, -0.2) is 169 Å². The number of benzene rings is 1. The molecule has 5 heterocycles. The number of methoxy groups -OCH3 is 1. The van der Waals surface area contributed by atoms with Gasteiger partial charge < -0.3 is 43.8 Å². The van der Waals surface area contributed by atoms with Crippen LogP contribution in [0.25, 0.3) is 0 Å². The van der Waals surface area contributed by atoms with E-state index in [-0.39, 0.29) is 44.6 Å². The lowest BCUT2D eigenvalue weighted by atomic mass is 10.1. The van der Waals surface area contributed by atoms with Gasteiger partial charge in [0.25, 0.3) is 0 Å². The summed E-state index contributed by atoms with van der Waals surface area (Å²) >= 11 is 0. The van der Waals surface area contributed by atoms with Gasteiger partial charge in [0.15, 0.2) is 0 Å². The fraction of sp³-hybridized carbons (Fsp3) is 0.750. The molecule has 0 bridgehead atoms. The Balaban J connectivity index is -0.000000150. The van der Waals surface area contributed by atoms with E-state index in [0.29, 0.717) is 12.3 Å². The molecular weight excluding hydrogens is 785 g/mol. The molecule has 0 aliphatic carbocycles. The van der Waals surface area contributed by atoms with E-state index in [4.69, 9.17) is 18.9 Å². The summed E-state index contributed by atoms with van der Waals surface area (Å²) in [5.74, 6) is 0.889. The fourth-order valence-electron chi connectivity index (χ4n) is 5.68. The van der Waals surface area contributed by atoms with Crippen molar-refractivity contribution in [2.24, 2.45) is 0 Å². The molecule has 4 saturated heterocycles. The molecule has 0 saturated carbocycles. The van der Waals surface area contributed by atoms with Gasteiger partial charge in [0.2, 0.25) is 5.89 Å². The van der Waals surface area contributed by atoms with E-state index in [0.717, 1.165) is 111 Å². The van der Waals surface area contributed by atoms with Crippen LogP contribution in [-0.2, 0) is 27.1 Å². The monoisotopic (exact) mass is 887 g/mol. The van der Waals surface area contributed by atoms with Crippen LogP contribution < -0.4 is 21.1 Å². The minimum absolute atomic E-state index is 0. The van der Waals surface area contributed by atoms with Crippen molar-refractivity contribution in [3.63, 3.8) is 0 Å². The lowest BCUT2D eigenvalue weighted by Crippen LogP contribution is -2.39. The number of nitrogens with one attached hydrogen (secondary N) is 3. The maximum Gasteiger partial charge on any atom is 0.434 e. The maximum atomic E-state index is 10.2. The SMILES string of the molecule is C.C.C.C.C.C.CC=CN1CCOCC1.CC=CNCCN1CCOCC1.CCN1CCCC1.CCN1CCOCC1.CCc1n[nH]c(=O)o1.CNCCc1ccc(OC)cc1. The second kappa shape index (κ2) is 50.4. The van der Waals surface area contributed by atoms with Crippen molar-refractivity contribution in [1.82, 2.24) is 40.4 Å². The fourth-order valence-corrected chi connectivity index (χ4v) is 5.68. The number of aromatic nitrogens is 2. The molecule has 4 fully saturated rings. The summed E-state index contributed by atoms with van der Waals surface area (Å²) in [6.45, 7) is 30.5. The number of likely N-dealkylation sites (N-methyl/N-ethyl adjacent to an activating group) is 2. The third kappa shape index (κ3) is 38.4. The molecule has 2 aromatic rings. The molecule has 14 heteroatoms. The van der Waals surface area contributed by atoms with Crippen LogP contribution in [0.1, 0.15) is 103 Å². The number of H-pyrrole nitrogens is 1. The van der Waals surface area contributed by atoms with E-state index in [1.165, 1.54) is 44.6 Å². The summed E-state index contributed by atoms with van der Waals surface area (Å²) < 4.78 is 25.1. The molecule has 4 aliphatic heterocycles. The second-order valence-electron chi connectivity index (χ2n) is 13.3. The standard InChI is InChI=1S/C10H15NO.C9H18N2O.C7H13NO.C6H13NO.C6H13N.C4H6N2O2.6CH4/c1-11-8-7-9-3-5-10(12-2)6-4-9;1-2-3-10-4-5-11-6-8-12-9-7-11;1-2-3-8-4-6-9-7-5-8;1-2-7-3-5-8-6-4-7;1-2-7-5-3-4-6-7;1-2-3-5-6-4(7)8-3;;;;;;/h3-6,11H,7-8H2,1-2H3;2-3,10H,4-9H2,1H3;2-3H,4-7H2,1H3;2-6H2,1H3;2-6H2,1H3;2H2,1H3,(H,6,7);6*1H4. The van der Waals surface area contributed by atoms with Gasteiger partial charge in [-0.1, -0.05) is 89.6 Å². The lowest BCUT2D eigenvalue weighted by Gasteiger charge is -2.26. The summed E-state index contributed by atoms with van der Waals surface area (Å²) in [5, 5.41) is 12.0. The number of hydrogen-bond acceptors (Lipinski definition) is 13. The van der Waals surface area contributed by atoms with Crippen LogP contribution >= 0.6 is 0 Å². The largest absolute Gasteiger partial charge is 0.497 e. The van der Waals surface area contributed by atoms with Crippen molar-refractivity contribution in [1.29, 1.82) is 0 Å². The zero-order valence-electron chi connectivity index (χ0n) is 36.1. The normalized spacial score (nSPS) is 15.8. The molecule has 3 N–H and O–H groups in total. The minimum Gasteiger partial charge on any atom is -0.497 e. The Kier molecular flexibility index (Phi) is 57.3. The highest BCUT2D eigenvalue weighted by atomic mass is 16.5. The predicted molar refractivity (Wildman–Crippen MR) is 269 cm³/mol. The van der Waals surface area contributed by atoms with Gasteiger partial charge in [0.1, 0.15) is 5.75 Å². The molecule has 0 unspecified atom stereocenters. The second-order valence-corrected chi connectivity index (χ2v) is 13.3. The first-order chi connectivity index (χ1) is 27.4. The van der Waals surface area contributed by atoms with E-state index < -0.39 is 5.76 Å². The molecular formula is C48H102N8O6. The predicted octanol–water partition coefficient (Wildman–Crippen LogP) is 7.93. The molecule has 370 valence electrons. The maximum absolute atomic E-state index is 10.2. The quantitative estimate of drug-likeness (QED) is 0.179. The van der Waals surface area contributed by atoms with Gasteiger partial charge in [-0.25, -0.2) is 9.89 Å². The molecule has 62 heavy (non-hydrogen) atoms. The molecule has 0 atom stereocenters. The smallest absolute Gasteiger partial charge is 0.434 e. The Morgan fingerprint density at radius 1 is 0.710 bits per heavy atom. The zero-order chi connectivity index (χ0) is 40.9. The van der Waals surface area contributed by atoms with Crippen molar-refractivity contribution >= 4 is 0 Å². The number of aryl methyl sites for hydroxylation is 1. The number of ether oxygens (including phenoxy) is 4. The van der Waals surface area contributed by atoms with Gasteiger partial charge >= 0.3 is 5.76 Å². The minimum atomic E-state index is -0.484. The molecule has 4 aliphatic rings. The number of allylic oxidation sites excluding steroid dienone is 2. The summed E-state index contributed by atoms with van der Waals surface area (Å²) in [5.41, 5.74) is 1.34. The van der Waals surface area contributed by atoms with E-state index in [2.05, 4.69) is 83.1 Å². The first-order valence-corrected chi connectivity index (χ1v) is 20.9. The Bertz CT molecular complexity index is 1240. The van der Waals surface area contributed by atoms with Crippen LogP contribution in [0.5, 0.6) is 5.75 Å². The van der Waals surface area contributed by atoms with Gasteiger partial charge in [-0.3, -0.25) is 9.80 Å². The van der Waals surface area contributed by atoms with Gasteiger partial charge in [0, 0.05) is 58.8 Å². The highest BCUT2D eigenvalue weighted by Gasteiger charge is 2.09. The number of aromatic amines is 1. The highest BCUT2D eigenvalue weighted by Crippen LogP contribution is 2.11. The summed E-state index contributed by atoms with van der Waals surface area (Å²) in [4.78, 5) is 19.7. The lowest BCUT2D eigenvalue weighted by molar-refractivity contribution is 0.0388. The van der Waals surface area contributed by atoms with E-state index in [1.807, 2.05) is 52.2 Å². The van der Waals surface area contributed by atoms with Crippen LogP contribution in [0, 0.1) is 0 Å². The average molecular weight is 887 g/mol. The van der Waals surface area contributed by atoms with Gasteiger partial charge in [-0.05, 0) is 103 Å². The molecule has 1 aromatic carbocycles. The average Bonchev–Trinajstić information content (AvgIpc) is 3.96. The van der Waals surface area contributed by atoms with Crippen LogP contribution in [0.15, 0.2) is 58.0 Å². The molecule has 1 aromatic heterocycles.